The molecule has 1 fully saturated rings. The van der Waals surface area contributed by atoms with E-state index in [-0.39, 0.29) is 0 Å². The number of methoxy groups -OCH3 is 1. The van der Waals surface area contributed by atoms with Gasteiger partial charge in [-0.1, -0.05) is 6.92 Å². The van der Waals surface area contributed by atoms with E-state index in [4.69, 9.17) is 4.74 Å². The van der Waals surface area contributed by atoms with E-state index in [1.54, 1.807) is 0 Å². The lowest BCUT2D eigenvalue weighted by Crippen LogP contribution is -2.38. The van der Waals surface area contributed by atoms with Gasteiger partial charge in [-0.15, -0.1) is 11.3 Å². The van der Waals surface area contributed by atoms with Crippen molar-refractivity contribution in [3.8, 4) is 0 Å². The van der Waals surface area contributed by atoms with Crippen molar-refractivity contribution in [3.63, 3.8) is 0 Å². The Bertz CT molecular complexity index is 367. The Labute approximate surface area is 121 Å². The first kappa shape index (κ1) is 15.0. The number of ether oxygens (including phenoxy) is 1. The lowest BCUT2D eigenvalue weighted by atomic mass is 10.1. The van der Waals surface area contributed by atoms with Crippen LogP contribution in [0.15, 0.2) is 12.1 Å². The molecule has 1 N–H and O–H groups in total. The highest BCUT2D eigenvalue weighted by Crippen LogP contribution is 2.21. The molecule has 0 saturated carbocycles. The third-order valence-electron chi connectivity index (χ3n) is 3.62. The highest BCUT2D eigenvalue weighted by atomic mass is 32.1. The molecule has 0 bridgehead atoms. The number of rotatable bonds is 7. The molecule has 1 aliphatic heterocycles. The summed E-state index contributed by atoms with van der Waals surface area (Å²) < 4.78 is 5.48. The van der Waals surface area contributed by atoms with E-state index in [0.29, 0.717) is 6.10 Å². The number of thiophene rings is 1. The van der Waals surface area contributed by atoms with E-state index in [9.17, 15) is 0 Å². The molecule has 0 amide bonds. The standard InChI is InChI=1S/C15H26N2OS/c1-3-8-16-10-14-6-7-15(19-14)12-17-9-4-5-13(11-17)18-2/h6-7,13,16H,3-5,8-12H2,1-2H3. The van der Waals surface area contributed by atoms with Gasteiger partial charge in [-0.2, -0.15) is 0 Å². The fraction of sp³-hybridized carbons (Fsp3) is 0.733. The minimum atomic E-state index is 0.430. The number of nitrogens with one attached hydrogen (secondary N) is 1. The lowest BCUT2D eigenvalue weighted by Gasteiger charge is -2.31. The van der Waals surface area contributed by atoms with Gasteiger partial charge in [0.1, 0.15) is 0 Å². The van der Waals surface area contributed by atoms with Gasteiger partial charge in [-0.25, -0.2) is 0 Å². The number of piperidine rings is 1. The van der Waals surface area contributed by atoms with Crippen molar-refractivity contribution in [1.29, 1.82) is 0 Å². The first-order valence-electron chi connectivity index (χ1n) is 7.35. The summed E-state index contributed by atoms with van der Waals surface area (Å²) in [7, 11) is 1.83. The van der Waals surface area contributed by atoms with Crippen molar-refractivity contribution in [2.75, 3.05) is 26.7 Å². The van der Waals surface area contributed by atoms with Crippen LogP contribution in [0.1, 0.15) is 35.9 Å². The second kappa shape index (κ2) is 8.00. The molecule has 0 radical (unpaired) electrons. The topological polar surface area (TPSA) is 24.5 Å². The lowest BCUT2D eigenvalue weighted by molar-refractivity contribution is 0.0289. The van der Waals surface area contributed by atoms with Crippen LogP contribution in [0, 0.1) is 0 Å². The van der Waals surface area contributed by atoms with E-state index in [1.807, 2.05) is 18.4 Å². The van der Waals surface area contributed by atoms with Gasteiger partial charge in [0, 0.05) is 36.5 Å². The minimum Gasteiger partial charge on any atom is -0.380 e. The maximum Gasteiger partial charge on any atom is 0.0698 e. The molecule has 1 aromatic rings. The monoisotopic (exact) mass is 282 g/mol. The molecule has 2 heterocycles. The zero-order valence-electron chi connectivity index (χ0n) is 12.2. The molecule has 3 nitrogen and oxygen atoms in total. The second-order valence-corrected chi connectivity index (χ2v) is 6.53. The molecule has 1 aromatic heterocycles. The summed E-state index contributed by atoms with van der Waals surface area (Å²) in [4.78, 5) is 5.45. The van der Waals surface area contributed by atoms with Gasteiger partial charge in [0.2, 0.25) is 0 Å². The predicted molar refractivity (Wildman–Crippen MR) is 81.6 cm³/mol. The summed E-state index contributed by atoms with van der Waals surface area (Å²) in [6.07, 6.45) is 4.10. The van der Waals surface area contributed by atoms with Gasteiger partial charge in [-0.05, 0) is 44.5 Å². The Morgan fingerprint density at radius 1 is 1.42 bits per heavy atom. The molecule has 0 aromatic carbocycles. The maximum atomic E-state index is 5.48. The molecule has 108 valence electrons. The molecule has 1 aliphatic rings. The molecule has 1 saturated heterocycles. The molecular weight excluding hydrogens is 256 g/mol. The largest absolute Gasteiger partial charge is 0.380 e. The average Bonchev–Trinajstić information content (AvgIpc) is 2.87. The highest BCUT2D eigenvalue weighted by molar-refractivity contribution is 7.11. The third-order valence-corrected chi connectivity index (χ3v) is 4.69. The Hall–Kier alpha value is -0.420. The Kier molecular flexibility index (Phi) is 6.31. The van der Waals surface area contributed by atoms with Gasteiger partial charge in [0.15, 0.2) is 0 Å². The fourth-order valence-corrected chi connectivity index (χ4v) is 3.59. The summed E-state index contributed by atoms with van der Waals surface area (Å²) in [5.41, 5.74) is 0. The molecule has 1 atom stereocenters. The van der Waals surface area contributed by atoms with Crippen molar-refractivity contribution >= 4 is 11.3 Å². The van der Waals surface area contributed by atoms with Crippen LogP contribution in [0.2, 0.25) is 0 Å². The molecule has 4 heteroatoms. The van der Waals surface area contributed by atoms with Crippen LogP contribution in [0.4, 0.5) is 0 Å². The van der Waals surface area contributed by atoms with Crippen LogP contribution in [0.25, 0.3) is 0 Å². The van der Waals surface area contributed by atoms with Crippen LogP contribution in [-0.4, -0.2) is 37.7 Å². The first-order valence-corrected chi connectivity index (χ1v) is 8.17. The van der Waals surface area contributed by atoms with Gasteiger partial charge in [0.05, 0.1) is 6.10 Å². The van der Waals surface area contributed by atoms with Crippen LogP contribution < -0.4 is 5.32 Å². The van der Waals surface area contributed by atoms with Crippen LogP contribution in [0.5, 0.6) is 0 Å². The predicted octanol–water partition coefficient (Wildman–Crippen LogP) is 2.86. The Morgan fingerprint density at radius 3 is 3.05 bits per heavy atom. The SMILES string of the molecule is CCCNCc1ccc(CN2CCCC(OC)C2)s1. The zero-order chi connectivity index (χ0) is 13.5. The van der Waals surface area contributed by atoms with E-state index in [0.717, 1.165) is 26.2 Å². The van der Waals surface area contributed by atoms with Crippen molar-refractivity contribution in [3.05, 3.63) is 21.9 Å². The van der Waals surface area contributed by atoms with E-state index in [1.165, 1.54) is 35.6 Å². The third kappa shape index (κ3) is 4.88. The minimum absolute atomic E-state index is 0.430. The molecule has 0 aliphatic carbocycles. The number of hydrogen-bond donors (Lipinski definition) is 1. The normalized spacial score (nSPS) is 20.8. The summed E-state index contributed by atoms with van der Waals surface area (Å²) >= 11 is 1.94. The maximum absolute atomic E-state index is 5.48. The second-order valence-electron chi connectivity index (χ2n) is 5.28. The molecule has 1 unspecified atom stereocenters. The van der Waals surface area contributed by atoms with Crippen LogP contribution >= 0.6 is 11.3 Å². The first-order chi connectivity index (χ1) is 9.31. The van der Waals surface area contributed by atoms with Crippen LogP contribution in [-0.2, 0) is 17.8 Å². The average molecular weight is 282 g/mol. The van der Waals surface area contributed by atoms with E-state index >= 15 is 0 Å². The van der Waals surface area contributed by atoms with Crippen molar-refractivity contribution in [2.45, 2.75) is 45.4 Å². The quantitative estimate of drug-likeness (QED) is 0.778. The fourth-order valence-electron chi connectivity index (χ4n) is 2.56. The van der Waals surface area contributed by atoms with Gasteiger partial charge in [0.25, 0.3) is 0 Å². The zero-order valence-corrected chi connectivity index (χ0v) is 13.0. The smallest absolute Gasteiger partial charge is 0.0698 e. The Balaban J connectivity index is 1.78. The summed E-state index contributed by atoms with van der Waals surface area (Å²) in [5, 5.41) is 3.46. The molecule has 0 spiro atoms. The number of hydrogen-bond acceptors (Lipinski definition) is 4. The number of nitrogens with zero attached hydrogens (tertiary/aromatic N) is 1. The van der Waals surface area contributed by atoms with Gasteiger partial charge < -0.3 is 10.1 Å². The van der Waals surface area contributed by atoms with E-state index in [2.05, 4.69) is 29.3 Å². The highest BCUT2D eigenvalue weighted by Gasteiger charge is 2.19. The summed E-state index contributed by atoms with van der Waals surface area (Å²) in [6, 6.07) is 4.55. The van der Waals surface area contributed by atoms with Crippen molar-refractivity contribution in [1.82, 2.24) is 10.2 Å². The Morgan fingerprint density at radius 2 is 2.26 bits per heavy atom. The number of likely N-dealkylation sites (tertiary alicyclic amines) is 1. The molecule has 2 rings (SSSR count). The molecule has 19 heavy (non-hydrogen) atoms. The van der Waals surface area contributed by atoms with Gasteiger partial charge >= 0.3 is 0 Å². The van der Waals surface area contributed by atoms with Gasteiger partial charge in [-0.3, -0.25) is 4.90 Å². The molecular formula is C15H26N2OS. The van der Waals surface area contributed by atoms with E-state index < -0.39 is 0 Å². The summed E-state index contributed by atoms with van der Waals surface area (Å²) in [5.74, 6) is 0. The summed E-state index contributed by atoms with van der Waals surface area (Å²) in [6.45, 7) is 7.70. The van der Waals surface area contributed by atoms with Crippen LogP contribution in [0.3, 0.4) is 0 Å². The van der Waals surface area contributed by atoms with Crippen molar-refractivity contribution in [2.24, 2.45) is 0 Å². The van der Waals surface area contributed by atoms with Crippen molar-refractivity contribution < 1.29 is 4.74 Å².